The van der Waals surface area contributed by atoms with Crippen LogP contribution in [0, 0.1) is 6.20 Å². The van der Waals surface area contributed by atoms with Gasteiger partial charge in [-0.3, -0.25) is 0 Å². The fourth-order valence-electron chi connectivity index (χ4n) is 0.870. The van der Waals surface area contributed by atoms with Crippen LogP contribution in [0.2, 0.25) is 5.15 Å². The zero-order valence-electron chi connectivity index (χ0n) is 7.45. The molecule has 0 saturated carbocycles. The number of ether oxygens (including phenoxy) is 2. The van der Waals surface area contributed by atoms with Gasteiger partial charge in [0.1, 0.15) is 11.5 Å². The van der Waals surface area contributed by atoms with Crippen LogP contribution in [0.25, 0.3) is 0 Å². The molecular weight excluding hydrogens is 192 g/mol. The van der Waals surface area contributed by atoms with Crippen molar-refractivity contribution in [3.8, 4) is 0 Å². The standard InChI is InChI=1S/C8H10ClN2O2/c1-12-7(13-2)3-6-4-10-5-11-8(6)9/h5,7H,3H2,1-2H3. The van der Waals surface area contributed by atoms with Gasteiger partial charge >= 0.3 is 0 Å². The third kappa shape index (κ3) is 2.91. The van der Waals surface area contributed by atoms with E-state index in [0.717, 1.165) is 0 Å². The highest BCUT2D eigenvalue weighted by atomic mass is 35.5. The van der Waals surface area contributed by atoms with Crippen molar-refractivity contribution in [2.75, 3.05) is 14.2 Å². The van der Waals surface area contributed by atoms with Gasteiger partial charge in [0.25, 0.3) is 0 Å². The molecule has 1 heterocycles. The number of aromatic nitrogens is 2. The Morgan fingerprint density at radius 1 is 1.54 bits per heavy atom. The topological polar surface area (TPSA) is 44.2 Å². The summed E-state index contributed by atoms with van der Waals surface area (Å²) in [5, 5.41) is 0.383. The summed E-state index contributed by atoms with van der Waals surface area (Å²) in [5.74, 6) is 0. The van der Waals surface area contributed by atoms with Crippen molar-refractivity contribution >= 4 is 11.6 Å². The Bertz CT molecular complexity index is 266. The van der Waals surface area contributed by atoms with Gasteiger partial charge < -0.3 is 9.47 Å². The van der Waals surface area contributed by atoms with Gasteiger partial charge in [-0.2, -0.15) is 0 Å². The molecule has 0 saturated heterocycles. The monoisotopic (exact) mass is 201 g/mol. The minimum Gasteiger partial charge on any atom is -0.356 e. The molecule has 1 aromatic rings. The molecule has 0 atom stereocenters. The van der Waals surface area contributed by atoms with E-state index in [1.54, 1.807) is 14.2 Å². The minimum atomic E-state index is -0.334. The third-order valence-corrected chi connectivity index (χ3v) is 1.90. The first kappa shape index (κ1) is 10.4. The van der Waals surface area contributed by atoms with Crippen molar-refractivity contribution in [3.05, 3.63) is 23.2 Å². The van der Waals surface area contributed by atoms with Crippen molar-refractivity contribution in [2.24, 2.45) is 0 Å². The van der Waals surface area contributed by atoms with Crippen LogP contribution in [0.1, 0.15) is 5.56 Å². The zero-order valence-corrected chi connectivity index (χ0v) is 8.21. The summed E-state index contributed by atoms with van der Waals surface area (Å²) in [6, 6.07) is 0. The zero-order chi connectivity index (χ0) is 9.68. The average molecular weight is 202 g/mol. The molecular formula is C8H10ClN2O2. The van der Waals surface area contributed by atoms with E-state index in [9.17, 15) is 0 Å². The van der Waals surface area contributed by atoms with Crippen LogP contribution >= 0.6 is 11.6 Å². The summed E-state index contributed by atoms with van der Waals surface area (Å²) in [6.45, 7) is 0. The second-order valence-electron chi connectivity index (χ2n) is 2.36. The maximum atomic E-state index is 5.79. The molecule has 0 aromatic carbocycles. The molecule has 1 aromatic heterocycles. The predicted octanol–water partition coefficient (Wildman–Crippen LogP) is 1.09. The van der Waals surface area contributed by atoms with E-state index in [4.69, 9.17) is 21.1 Å². The smallest absolute Gasteiger partial charge is 0.161 e. The molecule has 0 aliphatic carbocycles. The molecule has 0 fully saturated rings. The molecule has 1 radical (unpaired) electrons. The van der Waals surface area contributed by atoms with Crippen LogP contribution in [-0.4, -0.2) is 30.5 Å². The number of nitrogens with zero attached hydrogens (tertiary/aromatic N) is 2. The number of halogens is 1. The van der Waals surface area contributed by atoms with Crippen LogP contribution < -0.4 is 0 Å². The normalized spacial score (nSPS) is 10.8. The molecule has 0 N–H and O–H groups in total. The fourth-order valence-corrected chi connectivity index (χ4v) is 1.03. The van der Waals surface area contributed by atoms with Crippen molar-refractivity contribution in [3.63, 3.8) is 0 Å². The molecule has 0 aliphatic heterocycles. The molecule has 0 aliphatic rings. The van der Waals surface area contributed by atoms with Crippen molar-refractivity contribution in [2.45, 2.75) is 12.7 Å². The lowest BCUT2D eigenvalue weighted by Gasteiger charge is -2.12. The fraction of sp³-hybridized carbons (Fsp3) is 0.500. The average Bonchev–Trinajstić information content (AvgIpc) is 2.17. The molecule has 5 heteroatoms. The molecule has 0 bridgehead atoms. The SMILES string of the molecule is COC(Cc1[c]ncnc1Cl)OC. The molecule has 0 unspecified atom stereocenters. The van der Waals surface area contributed by atoms with Crippen LogP contribution in [0.15, 0.2) is 6.33 Å². The summed E-state index contributed by atoms with van der Waals surface area (Å²) in [6.07, 6.45) is 4.24. The van der Waals surface area contributed by atoms with Gasteiger partial charge in [-0.15, -0.1) is 0 Å². The molecule has 0 amide bonds. The lowest BCUT2D eigenvalue weighted by Crippen LogP contribution is -2.16. The second kappa shape index (κ2) is 5.11. The van der Waals surface area contributed by atoms with Crippen LogP contribution in [0.5, 0.6) is 0 Å². The Morgan fingerprint density at radius 3 is 2.77 bits per heavy atom. The summed E-state index contributed by atoms with van der Waals surface area (Å²) < 4.78 is 10.0. The van der Waals surface area contributed by atoms with E-state index in [1.807, 2.05) is 0 Å². The van der Waals surface area contributed by atoms with E-state index in [-0.39, 0.29) is 6.29 Å². The van der Waals surface area contributed by atoms with Gasteiger partial charge in [-0.25, -0.2) is 9.97 Å². The highest BCUT2D eigenvalue weighted by Gasteiger charge is 2.10. The van der Waals surface area contributed by atoms with Crippen LogP contribution in [0.4, 0.5) is 0 Å². The summed E-state index contributed by atoms with van der Waals surface area (Å²) in [7, 11) is 3.12. The number of rotatable bonds is 4. The molecule has 1 rings (SSSR count). The first-order valence-corrected chi connectivity index (χ1v) is 4.08. The van der Waals surface area contributed by atoms with E-state index in [1.165, 1.54) is 6.33 Å². The highest BCUT2D eigenvalue weighted by Crippen LogP contribution is 2.12. The Morgan fingerprint density at radius 2 is 2.23 bits per heavy atom. The largest absolute Gasteiger partial charge is 0.356 e. The number of hydrogen-bond acceptors (Lipinski definition) is 4. The van der Waals surface area contributed by atoms with E-state index < -0.39 is 0 Å². The van der Waals surface area contributed by atoms with Gasteiger partial charge in [0.05, 0.1) is 6.20 Å². The lowest BCUT2D eigenvalue weighted by atomic mass is 10.2. The summed E-state index contributed by atoms with van der Waals surface area (Å²) >= 11 is 5.79. The Labute approximate surface area is 81.9 Å². The van der Waals surface area contributed by atoms with Gasteiger partial charge in [-0.1, -0.05) is 11.6 Å². The van der Waals surface area contributed by atoms with Crippen LogP contribution in [-0.2, 0) is 15.9 Å². The van der Waals surface area contributed by atoms with Crippen molar-refractivity contribution in [1.82, 2.24) is 9.97 Å². The first-order chi connectivity index (χ1) is 6.27. The van der Waals surface area contributed by atoms with E-state index >= 15 is 0 Å². The summed E-state index contributed by atoms with van der Waals surface area (Å²) in [5.41, 5.74) is 0.692. The Hall–Kier alpha value is -0.710. The third-order valence-electron chi connectivity index (χ3n) is 1.57. The quantitative estimate of drug-likeness (QED) is 0.541. The van der Waals surface area contributed by atoms with Crippen LogP contribution in [0.3, 0.4) is 0 Å². The highest BCUT2D eigenvalue weighted by molar-refractivity contribution is 6.30. The molecule has 13 heavy (non-hydrogen) atoms. The number of hydrogen-bond donors (Lipinski definition) is 0. The van der Waals surface area contributed by atoms with Gasteiger partial charge in [0, 0.05) is 26.2 Å². The maximum absolute atomic E-state index is 5.79. The van der Waals surface area contributed by atoms with Gasteiger partial charge in [-0.05, 0) is 0 Å². The summed E-state index contributed by atoms with van der Waals surface area (Å²) in [4.78, 5) is 7.55. The molecule has 4 nitrogen and oxygen atoms in total. The molecule has 71 valence electrons. The van der Waals surface area contributed by atoms with E-state index in [2.05, 4.69) is 16.2 Å². The van der Waals surface area contributed by atoms with Gasteiger partial charge in [0.15, 0.2) is 6.29 Å². The minimum absolute atomic E-state index is 0.334. The van der Waals surface area contributed by atoms with E-state index in [0.29, 0.717) is 17.1 Å². The van der Waals surface area contributed by atoms with Crippen molar-refractivity contribution < 1.29 is 9.47 Å². The maximum Gasteiger partial charge on any atom is 0.161 e. The Balaban J connectivity index is 2.67. The lowest BCUT2D eigenvalue weighted by molar-refractivity contribution is -0.100. The second-order valence-corrected chi connectivity index (χ2v) is 2.72. The first-order valence-electron chi connectivity index (χ1n) is 3.70. The predicted molar refractivity (Wildman–Crippen MR) is 47.4 cm³/mol. The van der Waals surface area contributed by atoms with Gasteiger partial charge in [0.2, 0.25) is 0 Å². The Kier molecular flexibility index (Phi) is 4.08. The number of methoxy groups -OCH3 is 2. The van der Waals surface area contributed by atoms with Crippen molar-refractivity contribution in [1.29, 1.82) is 0 Å². The molecule has 0 spiro atoms.